The highest BCUT2D eigenvalue weighted by atomic mass is 79.9. The van der Waals surface area contributed by atoms with Gasteiger partial charge in [-0.3, -0.25) is 9.78 Å². The Kier molecular flexibility index (Phi) is 3.98. The summed E-state index contributed by atoms with van der Waals surface area (Å²) in [7, 11) is 0. The van der Waals surface area contributed by atoms with Crippen LogP contribution in [0.5, 0.6) is 0 Å². The molecule has 1 heterocycles. The average Bonchev–Trinajstić information content (AvgIpc) is 2.28. The highest BCUT2D eigenvalue weighted by molar-refractivity contribution is 9.10. The number of hydrogen-bond donors (Lipinski definition) is 2. The summed E-state index contributed by atoms with van der Waals surface area (Å²) in [5.74, 6) is -0.866. The quantitative estimate of drug-likeness (QED) is 0.829. The normalized spacial score (nSPS) is 10.2. The second-order valence-corrected chi connectivity index (χ2v) is 4.90. The first-order valence-corrected chi connectivity index (χ1v) is 6.21. The van der Waals surface area contributed by atoms with Gasteiger partial charge in [0.1, 0.15) is 5.82 Å². The lowest BCUT2D eigenvalue weighted by atomic mass is 10.2. The minimum absolute atomic E-state index is 0.302. The number of rotatable bonds is 2. The Morgan fingerprint density at radius 1 is 1.33 bits per heavy atom. The van der Waals surface area contributed by atoms with Gasteiger partial charge in [0.05, 0.1) is 23.6 Å². The number of aromatic nitrogens is 1. The van der Waals surface area contributed by atoms with E-state index in [4.69, 9.17) is 0 Å². The molecule has 92 valence electrons. The molecule has 0 bridgehead atoms. The molecule has 1 aromatic heterocycles. The second-order valence-electron chi connectivity index (χ2n) is 3.51. The first kappa shape index (κ1) is 13.0. The highest BCUT2D eigenvalue weighted by Crippen LogP contribution is 2.21. The van der Waals surface area contributed by atoms with E-state index in [-0.39, 0.29) is 5.91 Å². The topological polar surface area (TPSA) is 42.0 Å². The summed E-state index contributed by atoms with van der Waals surface area (Å²) < 4.78 is 13.7. The number of nitrogens with one attached hydrogen (secondary N) is 1. The van der Waals surface area contributed by atoms with Gasteiger partial charge >= 0.3 is 0 Å². The van der Waals surface area contributed by atoms with Crippen molar-refractivity contribution in [2.24, 2.45) is 0 Å². The predicted molar refractivity (Wildman–Crippen MR) is 73.5 cm³/mol. The molecule has 0 saturated carbocycles. The molecule has 0 spiro atoms. The van der Waals surface area contributed by atoms with Gasteiger partial charge in [-0.2, -0.15) is 0 Å². The van der Waals surface area contributed by atoms with Crippen LogP contribution in [0.4, 0.5) is 10.1 Å². The Hall–Kier alpha value is -1.40. The van der Waals surface area contributed by atoms with Gasteiger partial charge in [0.25, 0.3) is 5.91 Å². The molecule has 0 aliphatic carbocycles. The Labute approximate surface area is 117 Å². The third kappa shape index (κ3) is 3.08. The van der Waals surface area contributed by atoms with Crippen molar-refractivity contribution < 1.29 is 9.18 Å². The lowest BCUT2D eigenvalue weighted by Crippen LogP contribution is -2.13. The van der Waals surface area contributed by atoms with Gasteiger partial charge in [-0.25, -0.2) is 4.39 Å². The predicted octanol–water partition coefficient (Wildman–Crippen LogP) is 3.52. The van der Waals surface area contributed by atoms with Crippen molar-refractivity contribution in [1.29, 1.82) is 0 Å². The molecule has 1 aromatic carbocycles. The standard InChI is InChI=1S/C12H8BrFN2OS/c13-7-1-2-10(11(18)3-7)12(17)16-9-4-8(14)5-15-6-9/h1-6,18H,(H,16,17). The van der Waals surface area contributed by atoms with Crippen molar-refractivity contribution >= 4 is 40.2 Å². The molecule has 0 fully saturated rings. The van der Waals surface area contributed by atoms with Gasteiger partial charge < -0.3 is 5.32 Å². The number of nitrogens with zero attached hydrogens (tertiary/aromatic N) is 1. The molecular formula is C12H8BrFN2OS. The van der Waals surface area contributed by atoms with E-state index in [2.05, 4.69) is 38.9 Å². The average molecular weight is 327 g/mol. The number of hydrogen-bond acceptors (Lipinski definition) is 3. The number of carbonyl (C=O) groups excluding carboxylic acids is 1. The van der Waals surface area contributed by atoms with E-state index in [1.807, 2.05) is 0 Å². The molecule has 0 aliphatic heterocycles. The van der Waals surface area contributed by atoms with Crippen molar-refractivity contribution in [2.45, 2.75) is 4.90 Å². The molecule has 18 heavy (non-hydrogen) atoms. The van der Waals surface area contributed by atoms with Crippen LogP contribution in [0.15, 0.2) is 46.0 Å². The first-order chi connectivity index (χ1) is 8.56. The summed E-state index contributed by atoms with van der Waals surface area (Å²) in [5, 5.41) is 2.55. The molecule has 3 nitrogen and oxygen atoms in total. The van der Waals surface area contributed by atoms with Crippen molar-refractivity contribution in [2.75, 3.05) is 5.32 Å². The second kappa shape index (κ2) is 5.49. The maximum absolute atomic E-state index is 12.9. The molecule has 1 N–H and O–H groups in total. The van der Waals surface area contributed by atoms with Crippen molar-refractivity contribution in [3.63, 3.8) is 0 Å². The maximum Gasteiger partial charge on any atom is 0.256 e. The molecule has 0 saturated heterocycles. The number of carbonyl (C=O) groups is 1. The maximum atomic E-state index is 12.9. The van der Waals surface area contributed by atoms with E-state index < -0.39 is 5.82 Å². The zero-order valence-corrected chi connectivity index (χ0v) is 11.5. The molecule has 2 rings (SSSR count). The highest BCUT2D eigenvalue weighted by Gasteiger charge is 2.10. The van der Waals surface area contributed by atoms with Gasteiger partial charge in [-0.05, 0) is 18.2 Å². The number of benzene rings is 1. The summed E-state index contributed by atoms with van der Waals surface area (Å²) in [6, 6.07) is 6.27. The van der Waals surface area contributed by atoms with Crippen molar-refractivity contribution in [3.05, 3.63) is 52.5 Å². The molecule has 0 radical (unpaired) electrons. The Morgan fingerprint density at radius 2 is 2.11 bits per heavy atom. The summed E-state index contributed by atoms with van der Waals surface area (Å²) >= 11 is 7.49. The monoisotopic (exact) mass is 326 g/mol. The summed E-state index contributed by atoms with van der Waals surface area (Å²) in [6.45, 7) is 0. The van der Waals surface area contributed by atoms with Crippen LogP contribution in [0.3, 0.4) is 0 Å². The smallest absolute Gasteiger partial charge is 0.256 e. The van der Waals surface area contributed by atoms with Gasteiger partial charge in [0, 0.05) is 15.4 Å². The fourth-order valence-electron chi connectivity index (χ4n) is 1.38. The minimum Gasteiger partial charge on any atom is -0.320 e. The number of amides is 1. The van der Waals surface area contributed by atoms with Crippen LogP contribution in [0.25, 0.3) is 0 Å². The Bertz CT molecular complexity index is 606. The summed E-state index contributed by atoms with van der Waals surface area (Å²) in [6.07, 6.45) is 2.44. The Morgan fingerprint density at radius 3 is 2.78 bits per heavy atom. The molecule has 6 heteroatoms. The van der Waals surface area contributed by atoms with Crippen LogP contribution in [-0.4, -0.2) is 10.9 Å². The lowest BCUT2D eigenvalue weighted by Gasteiger charge is -2.07. The van der Waals surface area contributed by atoms with Gasteiger partial charge in [-0.15, -0.1) is 12.6 Å². The van der Waals surface area contributed by atoms with E-state index in [0.717, 1.165) is 10.7 Å². The van der Waals surface area contributed by atoms with E-state index in [9.17, 15) is 9.18 Å². The lowest BCUT2D eigenvalue weighted by molar-refractivity contribution is 0.102. The number of pyridine rings is 1. The number of anilines is 1. The Balaban J connectivity index is 2.22. The van der Waals surface area contributed by atoms with Crippen LogP contribution < -0.4 is 5.32 Å². The SMILES string of the molecule is O=C(Nc1cncc(F)c1)c1ccc(Br)cc1S. The van der Waals surface area contributed by atoms with Crippen LogP contribution in [0.1, 0.15) is 10.4 Å². The molecule has 0 atom stereocenters. The first-order valence-electron chi connectivity index (χ1n) is 4.96. The molecule has 1 amide bonds. The molecule has 2 aromatic rings. The van der Waals surface area contributed by atoms with Gasteiger partial charge in [0.15, 0.2) is 0 Å². The van der Waals surface area contributed by atoms with Crippen LogP contribution in [0, 0.1) is 5.82 Å². The zero-order valence-electron chi connectivity index (χ0n) is 9.02. The zero-order chi connectivity index (χ0) is 13.1. The van der Waals surface area contributed by atoms with Crippen molar-refractivity contribution in [1.82, 2.24) is 4.98 Å². The van der Waals surface area contributed by atoms with Crippen LogP contribution in [-0.2, 0) is 0 Å². The van der Waals surface area contributed by atoms with Crippen molar-refractivity contribution in [3.8, 4) is 0 Å². The van der Waals surface area contributed by atoms with Gasteiger partial charge in [0.2, 0.25) is 0 Å². The molecule has 0 aliphatic rings. The van der Waals surface area contributed by atoms with E-state index in [0.29, 0.717) is 16.1 Å². The fraction of sp³-hybridized carbons (Fsp3) is 0. The third-order valence-corrected chi connectivity index (χ3v) is 3.03. The van der Waals surface area contributed by atoms with Gasteiger partial charge in [-0.1, -0.05) is 15.9 Å². The fourth-order valence-corrected chi connectivity index (χ4v) is 2.23. The largest absolute Gasteiger partial charge is 0.320 e. The van der Waals surface area contributed by atoms with E-state index in [1.165, 1.54) is 12.3 Å². The van der Waals surface area contributed by atoms with E-state index >= 15 is 0 Å². The third-order valence-electron chi connectivity index (χ3n) is 2.17. The summed E-state index contributed by atoms with van der Waals surface area (Å²) in [5.41, 5.74) is 0.710. The number of halogens is 2. The molecule has 0 unspecified atom stereocenters. The van der Waals surface area contributed by atoms with Crippen LogP contribution >= 0.6 is 28.6 Å². The minimum atomic E-state index is -0.505. The summed E-state index contributed by atoms with van der Waals surface area (Å²) in [4.78, 5) is 16.1. The molecular weight excluding hydrogens is 319 g/mol. The number of thiol groups is 1. The van der Waals surface area contributed by atoms with Crippen LogP contribution in [0.2, 0.25) is 0 Å². The van der Waals surface area contributed by atoms with E-state index in [1.54, 1.807) is 18.2 Å².